The molecule has 1 aromatic carbocycles. The van der Waals surface area contributed by atoms with Gasteiger partial charge in [-0.2, -0.15) is 0 Å². The summed E-state index contributed by atoms with van der Waals surface area (Å²) in [6.45, 7) is 2.33. The third-order valence-corrected chi connectivity index (χ3v) is 6.25. The van der Waals surface area contributed by atoms with Crippen LogP contribution < -0.4 is 5.32 Å². The zero-order chi connectivity index (χ0) is 20.9. The van der Waals surface area contributed by atoms with Crippen molar-refractivity contribution in [3.63, 3.8) is 0 Å². The first-order valence-corrected chi connectivity index (χ1v) is 10.8. The summed E-state index contributed by atoms with van der Waals surface area (Å²) in [4.78, 5) is 26.8. The lowest BCUT2D eigenvalue weighted by atomic mass is 9.95. The Bertz CT molecular complexity index is 728. The summed E-state index contributed by atoms with van der Waals surface area (Å²) in [6.07, 6.45) is 2.62. The van der Waals surface area contributed by atoms with Crippen molar-refractivity contribution in [1.82, 2.24) is 4.90 Å². The Hall–Kier alpha value is -2.00. The molecular formula is C22H30N2O6. The van der Waals surface area contributed by atoms with E-state index in [4.69, 9.17) is 14.2 Å². The van der Waals surface area contributed by atoms with Gasteiger partial charge in [0.25, 0.3) is 0 Å². The second-order valence-electron chi connectivity index (χ2n) is 8.12. The van der Waals surface area contributed by atoms with Gasteiger partial charge >= 0.3 is 0 Å². The maximum atomic E-state index is 12.6. The van der Waals surface area contributed by atoms with Crippen LogP contribution in [0.1, 0.15) is 37.4 Å². The monoisotopic (exact) mass is 418 g/mol. The van der Waals surface area contributed by atoms with E-state index in [-0.39, 0.29) is 37.0 Å². The number of ether oxygens (including phenoxy) is 3. The standard InChI is InChI=1S/C22H30N2O6/c25-13-19-21(30-14-20(26)24(19)18-7-11-29-12-8-18)15-1-3-17(4-2-15)23-22(27)16-5-9-28-10-6-16/h1-4,16,18-19,21,25H,5-14H2,(H,23,27)/t19-,21-/m1/s1. The summed E-state index contributed by atoms with van der Waals surface area (Å²) >= 11 is 0. The molecule has 3 saturated heterocycles. The third-order valence-electron chi connectivity index (χ3n) is 6.25. The van der Waals surface area contributed by atoms with Gasteiger partial charge in [-0.1, -0.05) is 12.1 Å². The van der Waals surface area contributed by atoms with E-state index in [1.165, 1.54) is 0 Å². The summed E-state index contributed by atoms with van der Waals surface area (Å²) in [7, 11) is 0. The number of anilines is 1. The zero-order valence-corrected chi connectivity index (χ0v) is 17.1. The van der Waals surface area contributed by atoms with Crippen LogP contribution in [0.15, 0.2) is 24.3 Å². The first-order chi connectivity index (χ1) is 14.7. The fourth-order valence-corrected chi connectivity index (χ4v) is 4.58. The molecular weight excluding hydrogens is 388 g/mol. The highest BCUT2D eigenvalue weighted by atomic mass is 16.5. The second-order valence-corrected chi connectivity index (χ2v) is 8.12. The lowest BCUT2D eigenvalue weighted by Crippen LogP contribution is -2.57. The average molecular weight is 418 g/mol. The molecule has 30 heavy (non-hydrogen) atoms. The Labute approximate surface area is 176 Å². The number of hydrogen-bond donors (Lipinski definition) is 2. The molecule has 8 heteroatoms. The van der Waals surface area contributed by atoms with Gasteiger partial charge < -0.3 is 29.5 Å². The van der Waals surface area contributed by atoms with Gasteiger partial charge in [-0.05, 0) is 43.4 Å². The number of benzene rings is 1. The molecule has 164 valence electrons. The summed E-state index contributed by atoms with van der Waals surface area (Å²) in [5.41, 5.74) is 1.60. The van der Waals surface area contributed by atoms with Crippen LogP contribution >= 0.6 is 0 Å². The van der Waals surface area contributed by atoms with E-state index in [0.717, 1.165) is 36.9 Å². The van der Waals surface area contributed by atoms with E-state index in [2.05, 4.69) is 5.32 Å². The number of rotatable bonds is 5. The Morgan fingerprint density at radius 3 is 2.30 bits per heavy atom. The number of morpholine rings is 1. The SMILES string of the molecule is O=C(Nc1ccc([C@H]2OCC(=O)N(C3CCOCC3)[C@@H]2CO)cc1)C1CCOCC1. The number of carbonyl (C=O) groups excluding carboxylic acids is 2. The molecule has 2 atom stereocenters. The normalized spacial score (nSPS) is 26.6. The quantitative estimate of drug-likeness (QED) is 0.752. The highest BCUT2D eigenvalue weighted by molar-refractivity contribution is 5.92. The molecule has 3 aliphatic rings. The molecule has 8 nitrogen and oxygen atoms in total. The summed E-state index contributed by atoms with van der Waals surface area (Å²) in [5.74, 6) is -0.0834. The van der Waals surface area contributed by atoms with Crippen LogP contribution in [-0.2, 0) is 23.8 Å². The predicted octanol–water partition coefficient (Wildman–Crippen LogP) is 1.49. The lowest BCUT2D eigenvalue weighted by Gasteiger charge is -2.45. The van der Waals surface area contributed by atoms with Crippen molar-refractivity contribution in [2.45, 2.75) is 43.9 Å². The molecule has 0 spiro atoms. The van der Waals surface area contributed by atoms with Crippen LogP contribution in [0.2, 0.25) is 0 Å². The van der Waals surface area contributed by atoms with Crippen LogP contribution in [0.25, 0.3) is 0 Å². The number of aliphatic hydroxyl groups excluding tert-OH is 1. The molecule has 0 radical (unpaired) electrons. The largest absolute Gasteiger partial charge is 0.394 e. The van der Waals surface area contributed by atoms with Crippen LogP contribution in [0.4, 0.5) is 5.69 Å². The van der Waals surface area contributed by atoms with Gasteiger partial charge in [-0.25, -0.2) is 0 Å². The molecule has 4 rings (SSSR count). The van der Waals surface area contributed by atoms with Gasteiger partial charge in [-0.15, -0.1) is 0 Å². The van der Waals surface area contributed by atoms with Crippen LogP contribution in [0.5, 0.6) is 0 Å². The van der Waals surface area contributed by atoms with Crippen molar-refractivity contribution in [2.24, 2.45) is 5.92 Å². The van der Waals surface area contributed by atoms with E-state index in [9.17, 15) is 14.7 Å². The van der Waals surface area contributed by atoms with Gasteiger partial charge in [0.2, 0.25) is 11.8 Å². The molecule has 0 aliphatic carbocycles. The van der Waals surface area contributed by atoms with Gasteiger partial charge in [0.1, 0.15) is 12.7 Å². The highest BCUT2D eigenvalue weighted by Gasteiger charge is 2.41. The van der Waals surface area contributed by atoms with Crippen LogP contribution in [-0.4, -0.2) is 73.5 Å². The van der Waals surface area contributed by atoms with Crippen molar-refractivity contribution in [3.8, 4) is 0 Å². The van der Waals surface area contributed by atoms with Gasteiger partial charge in [0, 0.05) is 44.1 Å². The summed E-state index contributed by atoms with van der Waals surface area (Å²) in [6, 6.07) is 7.11. The molecule has 2 amide bonds. The molecule has 3 fully saturated rings. The number of carbonyl (C=O) groups is 2. The fourth-order valence-electron chi connectivity index (χ4n) is 4.58. The van der Waals surface area contributed by atoms with Gasteiger partial charge in [0.05, 0.1) is 12.6 Å². The van der Waals surface area contributed by atoms with Crippen molar-refractivity contribution in [2.75, 3.05) is 45.0 Å². The minimum absolute atomic E-state index is 0.000756. The molecule has 3 aliphatic heterocycles. The van der Waals surface area contributed by atoms with Crippen molar-refractivity contribution in [3.05, 3.63) is 29.8 Å². The fraction of sp³-hybridized carbons (Fsp3) is 0.636. The van der Waals surface area contributed by atoms with Gasteiger partial charge in [-0.3, -0.25) is 9.59 Å². The highest BCUT2D eigenvalue weighted by Crippen LogP contribution is 2.33. The molecule has 0 aromatic heterocycles. The maximum Gasteiger partial charge on any atom is 0.249 e. The lowest BCUT2D eigenvalue weighted by molar-refractivity contribution is -0.168. The van der Waals surface area contributed by atoms with Gasteiger partial charge in [0.15, 0.2) is 0 Å². The third kappa shape index (κ3) is 4.67. The van der Waals surface area contributed by atoms with E-state index in [1.807, 2.05) is 24.3 Å². The summed E-state index contributed by atoms with van der Waals surface area (Å²) in [5, 5.41) is 13.1. The first kappa shape index (κ1) is 21.2. The van der Waals surface area contributed by atoms with E-state index in [0.29, 0.717) is 26.4 Å². The van der Waals surface area contributed by atoms with Crippen molar-refractivity contribution in [1.29, 1.82) is 0 Å². The number of nitrogens with one attached hydrogen (secondary N) is 1. The second kappa shape index (κ2) is 9.87. The van der Waals surface area contributed by atoms with Crippen molar-refractivity contribution < 1.29 is 28.9 Å². The van der Waals surface area contributed by atoms with Crippen LogP contribution in [0, 0.1) is 5.92 Å². The smallest absolute Gasteiger partial charge is 0.249 e. The molecule has 0 bridgehead atoms. The van der Waals surface area contributed by atoms with E-state index >= 15 is 0 Å². The molecule has 0 saturated carbocycles. The summed E-state index contributed by atoms with van der Waals surface area (Å²) < 4.78 is 16.6. The Morgan fingerprint density at radius 2 is 1.67 bits per heavy atom. The Kier molecular flexibility index (Phi) is 6.99. The molecule has 3 heterocycles. The molecule has 0 unspecified atom stereocenters. The Morgan fingerprint density at radius 1 is 1.03 bits per heavy atom. The first-order valence-electron chi connectivity index (χ1n) is 10.8. The zero-order valence-electron chi connectivity index (χ0n) is 17.1. The number of hydrogen-bond acceptors (Lipinski definition) is 6. The molecule has 2 N–H and O–H groups in total. The minimum atomic E-state index is -0.433. The van der Waals surface area contributed by atoms with E-state index < -0.39 is 12.1 Å². The Balaban J connectivity index is 1.44. The predicted molar refractivity (Wildman–Crippen MR) is 109 cm³/mol. The maximum absolute atomic E-state index is 12.6. The van der Waals surface area contributed by atoms with Crippen LogP contribution in [0.3, 0.4) is 0 Å². The average Bonchev–Trinajstić information content (AvgIpc) is 2.80. The number of amides is 2. The van der Waals surface area contributed by atoms with E-state index in [1.54, 1.807) is 4.90 Å². The van der Waals surface area contributed by atoms with Crippen molar-refractivity contribution >= 4 is 17.5 Å². The topological polar surface area (TPSA) is 97.3 Å². The minimum Gasteiger partial charge on any atom is -0.394 e. The number of aliphatic hydroxyl groups is 1. The molecule has 1 aromatic rings. The number of nitrogens with zero attached hydrogens (tertiary/aromatic N) is 1.